The first-order valence-electron chi connectivity index (χ1n) is 7.20. The summed E-state index contributed by atoms with van der Waals surface area (Å²) in [5.41, 5.74) is 2.52. The van der Waals surface area contributed by atoms with Crippen molar-refractivity contribution in [3.8, 4) is 5.75 Å². The lowest BCUT2D eigenvalue weighted by Crippen LogP contribution is -2.14. The fraction of sp³-hybridized carbons (Fsp3) is 0.176. The number of imidazole rings is 1. The zero-order valence-electron chi connectivity index (χ0n) is 12.6. The van der Waals surface area contributed by atoms with Crippen molar-refractivity contribution >= 4 is 34.2 Å². The molecule has 118 valence electrons. The van der Waals surface area contributed by atoms with Crippen molar-refractivity contribution < 1.29 is 9.53 Å². The summed E-state index contributed by atoms with van der Waals surface area (Å²) in [6.45, 7) is 0.556. The third-order valence-electron chi connectivity index (χ3n) is 3.56. The smallest absolute Gasteiger partial charge is 0.226 e. The molecule has 0 bridgehead atoms. The molecule has 2 aromatic carbocycles. The maximum atomic E-state index is 12.1. The van der Waals surface area contributed by atoms with Gasteiger partial charge in [0.05, 0.1) is 35.2 Å². The average molecular weight is 330 g/mol. The van der Waals surface area contributed by atoms with Crippen LogP contribution in [0.3, 0.4) is 0 Å². The quantitative estimate of drug-likeness (QED) is 0.776. The number of aryl methyl sites for hydroxylation is 1. The lowest BCUT2D eigenvalue weighted by molar-refractivity contribution is -0.116. The van der Waals surface area contributed by atoms with E-state index in [9.17, 15) is 4.79 Å². The van der Waals surface area contributed by atoms with Crippen molar-refractivity contribution in [1.29, 1.82) is 0 Å². The van der Waals surface area contributed by atoms with Crippen molar-refractivity contribution in [2.45, 2.75) is 13.0 Å². The molecule has 0 aliphatic rings. The number of aromatic nitrogens is 2. The Bertz CT molecular complexity index is 845. The van der Waals surface area contributed by atoms with Crippen LogP contribution in [0.15, 0.2) is 48.8 Å². The maximum Gasteiger partial charge on any atom is 0.226 e. The molecule has 0 saturated carbocycles. The molecule has 0 atom stereocenters. The molecule has 1 amide bonds. The van der Waals surface area contributed by atoms with Gasteiger partial charge in [0.25, 0.3) is 0 Å². The summed E-state index contributed by atoms with van der Waals surface area (Å²) in [5, 5.41) is 3.26. The van der Waals surface area contributed by atoms with Crippen LogP contribution < -0.4 is 10.1 Å². The number of anilines is 1. The number of methoxy groups -OCH3 is 1. The third kappa shape index (κ3) is 3.46. The van der Waals surface area contributed by atoms with Crippen LogP contribution in [0, 0.1) is 0 Å². The van der Waals surface area contributed by atoms with Gasteiger partial charge in [-0.05, 0) is 24.3 Å². The molecular weight excluding hydrogens is 314 g/mol. The number of hydrogen-bond acceptors (Lipinski definition) is 3. The number of carbonyl (C=O) groups is 1. The second-order valence-corrected chi connectivity index (χ2v) is 5.48. The predicted octanol–water partition coefficient (Wildman–Crippen LogP) is 3.73. The Kier molecular flexibility index (Phi) is 4.48. The van der Waals surface area contributed by atoms with Crippen LogP contribution in [-0.4, -0.2) is 22.6 Å². The van der Waals surface area contributed by atoms with E-state index in [4.69, 9.17) is 16.3 Å². The first-order valence-corrected chi connectivity index (χ1v) is 7.58. The van der Waals surface area contributed by atoms with Crippen molar-refractivity contribution in [1.82, 2.24) is 9.55 Å². The highest BCUT2D eigenvalue weighted by molar-refractivity contribution is 6.33. The van der Waals surface area contributed by atoms with E-state index in [1.165, 1.54) is 0 Å². The normalized spacial score (nSPS) is 10.7. The van der Waals surface area contributed by atoms with Gasteiger partial charge in [-0.1, -0.05) is 23.7 Å². The number of hydrogen-bond donors (Lipinski definition) is 1. The van der Waals surface area contributed by atoms with Gasteiger partial charge >= 0.3 is 0 Å². The molecule has 0 saturated heterocycles. The Balaban J connectivity index is 1.64. The molecule has 1 aromatic heterocycles. The first-order chi connectivity index (χ1) is 11.2. The monoisotopic (exact) mass is 329 g/mol. The van der Waals surface area contributed by atoms with Crippen molar-refractivity contribution in [2.75, 3.05) is 12.4 Å². The van der Waals surface area contributed by atoms with E-state index in [2.05, 4.69) is 10.3 Å². The van der Waals surface area contributed by atoms with Gasteiger partial charge in [-0.25, -0.2) is 4.98 Å². The number of rotatable bonds is 5. The van der Waals surface area contributed by atoms with E-state index in [0.717, 1.165) is 11.0 Å². The van der Waals surface area contributed by atoms with Gasteiger partial charge in [-0.15, -0.1) is 0 Å². The molecule has 1 heterocycles. The van der Waals surface area contributed by atoms with Crippen LogP contribution in [0.1, 0.15) is 6.42 Å². The minimum absolute atomic E-state index is 0.102. The number of ether oxygens (including phenoxy) is 1. The highest BCUT2D eigenvalue weighted by Gasteiger charge is 2.08. The van der Waals surface area contributed by atoms with Crippen LogP contribution in [-0.2, 0) is 11.3 Å². The topological polar surface area (TPSA) is 56.1 Å². The van der Waals surface area contributed by atoms with Crippen molar-refractivity contribution in [2.24, 2.45) is 0 Å². The fourth-order valence-corrected chi connectivity index (χ4v) is 2.57. The van der Waals surface area contributed by atoms with Gasteiger partial charge in [-0.2, -0.15) is 0 Å². The Morgan fingerprint density at radius 2 is 2.13 bits per heavy atom. The summed E-state index contributed by atoms with van der Waals surface area (Å²) < 4.78 is 7.05. The van der Waals surface area contributed by atoms with Gasteiger partial charge < -0.3 is 14.6 Å². The Morgan fingerprint density at radius 1 is 1.30 bits per heavy atom. The summed E-state index contributed by atoms with van der Waals surface area (Å²) in [4.78, 5) is 16.4. The largest absolute Gasteiger partial charge is 0.497 e. The van der Waals surface area contributed by atoms with Crippen molar-refractivity contribution in [3.63, 3.8) is 0 Å². The molecular formula is C17H16ClN3O2. The summed E-state index contributed by atoms with van der Waals surface area (Å²) in [6, 6.07) is 13.0. The molecule has 0 fully saturated rings. The highest BCUT2D eigenvalue weighted by Crippen LogP contribution is 2.26. The molecule has 6 heteroatoms. The molecule has 1 N–H and O–H groups in total. The number of nitrogens with zero attached hydrogens (tertiary/aromatic N) is 2. The van der Waals surface area contributed by atoms with E-state index in [1.807, 2.05) is 28.8 Å². The maximum absolute atomic E-state index is 12.1. The number of carbonyl (C=O) groups excluding carboxylic acids is 1. The number of halogens is 1. The lowest BCUT2D eigenvalue weighted by atomic mass is 10.2. The van der Waals surface area contributed by atoms with E-state index in [1.54, 1.807) is 31.6 Å². The standard InChI is InChI=1S/C17H16ClN3O2/c1-23-12-6-7-14(13(18)10-12)20-17(22)8-9-21-11-19-15-4-2-3-5-16(15)21/h2-7,10-11H,8-9H2,1H3,(H,20,22). The summed E-state index contributed by atoms with van der Waals surface area (Å²) in [6.07, 6.45) is 2.08. The summed E-state index contributed by atoms with van der Waals surface area (Å²) in [7, 11) is 1.57. The molecule has 0 unspecified atom stereocenters. The molecule has 23 heavy (non-hydrogen) atoms. The van der Waals surface area contributed by atoms with Gasteiger partial charge in [0.15, 0.2) is 0 Å². The average Bonchev–Trinajstić information content (AvgIpc) is 2.98. The molecule has 0 aliphatic heterocycles. The van der Waals surface area contributed by atoms with Crippen LogP contribution in [0.2, 0.25) is 5.02 Å². The SMILES string of the molecule is COc1ccc(NC(=O)CCn2cnc3ccccc32)c(Cl)c1. The van der Waals surface area contributed by atoms with Gasteiger partial charge in [0.1, 0.15) is 5.75 Å². The van der Waals surface area contributed by atoms with Gasteiger partial charge in [-0.3, -0.25) is 4.79 Å². The van der Waals surface area contributed by atoms with Crippen LogP contribution in [0.4, 0.5) is 5.69 Å². The van der Waals surface area contributed by atoms with Gasteiger partial charge in [0.2, 0.25) is 5.91 Å². The number of amides is 1. The van der Waals surface area contributed by atoms with E-state index < -0.39 is 0 Å². The third-order valence-corrected chi connectivity index (χ3v) is 3.87. The second-order valence-electron chi connectivity index (χ2n) is 5.07. The fourth-order valence-electron chi connectivity index (χ4n) is 2.35. The van der Waals surface area contributed by atoms with Crippen LogP contribution in [0.25, 0.3) is 11.0 Å². The first kappa shape index (κ1) is 15.4. The lowest BCUT2D eigenvalue weighted by Gasteiger charge is -2.09. The molecule has 0 aliphatic carbocycles. The minimum Gasteiger partial charge on any atom is -0.497 e. The van der Waals surface area contributed by atoms with E-state index in [-0.39, 0.29) is 5.91 Å². The highest BCUT2D eigenvalue weighted by atomic mass is 35.5. The van der Waals surface area contributed by atoms with E-state index in [0.29, 0.717) is 29.4 Å². The number of nitrogens with one attached hydrogen (secondary N) is 1. The summed E-state index contributed by atoms with van der Waals surface area (Å²) in [5.74, 6) is 0.549. The Hall–Kier alpha value is -2.53. The molecule has 5 nitrogen and oxygen atoms in total. The predicted molar refractivity (Wildman–Crippen MR) is 91.0 cm³/mol. The Labute approximate surface area is 138 Å². The van der Waals surface area contributed by atoms with Crippen molar-refractivity contribution in [3.05, 3.63) is 53.8 Å². The van der Waals surface area contributed by atoms with Crippen LogP contribution in [0.5, 0.6) is 5.75 Å². The molecule has 0 radical (unpaired) electrons. The molecule has 0 spiro atoms. The summed E-state index contributed by atoms with van der Waals surface area (Å²) >= 11 is 6.12. The van der Waals surface area contributed by atoms with E-state index >= 15 is 0 Å². The number of para-hydroxylation sites is 2. The number of fused-ring (bicyclic) bond motifs is 1. The Morgan fingerprint density at radius 3 is 2.91 bits per heavy atom. The zero-order valence-corrected chi connectivity index (χ0v) is 13.4. The second kappa shape index (κ2) is 6.71. The minimum atomic E-state index is -0.102. The van der Waals surface area contributed by atoms with Gasteiger partial charge in [0, 0.05) is 19.0 Å². The van der Waals surface area contributed by atoms with Crippen LogP contribution >= 0.6 is 11.6 Å². The zero-order chi connectivity index (χ0) is 16.2. The molecule has 3 aromatic rings. The molecule has 3 rings (SSSR count). The number of benzene rings is 2.